The largest absolute Gasteiger partial charge is 0.464 e. The fourth-order valence-corrected chi connectivity index (χ4v) is 2.46. The van der Waals surface area contributed by atoms with Crippen LogP contribution in [-0.2, 0) is 4.74 Å². The number of aromatic nitrogens is 1. The van der Waals surface area contributed by atoms with E-state index in [1.165, 1.54) is 18.2 Å². The van der Waals surface area contributed by atoms with Crippen molar-refractivity contribution in [3.05, 3.63) is 81.4 Å². The van der Waals surface area contributed by atoms with Crippen molar-refractivity contribution < 1.29 is 18.7 Å². The van der Waals surface area contributed by atoms with Crippen molar-refractivity contribution in [2.45, 2.75) is 0 Å². The number of pyridine rings is 1. The number of rotatable bonds is 3. The van der Waals surface area contributed by atoms with Crippen LogP contribution in [-0.4, -0.2) is 23.8 Å². The third-order valence-electron chi connectivity index (χ3n) is 3.62. The van der Waals surface area contributed by atoms with Gasteiger partial charge < -0.3 is 9.72 Å². The summed E-state index contributed by atoms with van der Waals surface area (Å²) in [4.78, 5) is 40.2. The third-order valence-corrected chi connectivity index (χ3v) is 3.62. The Morgan fingerprint density at radius 1 is 1.08 bits per heavy atom. The number of carbonyl (C=O) groups is 2. The molecule has 0 saturated carbocycles. The van der Waals surface area contributed by atoms with Gasteiger partial charge in [-0.25, -0.2) is 9.18 Å². The number of aromatic amines is 1. The molecule has 6 heteroatoms. The number of ketones is 1. The molecule has 1 heterocycles. The summed E-state index contributed by atoms with van der Waals surface area (Å²) < 4.78 is 18.1. The molecule has 5 nitrogen and oxygen atoms in total. The maximum absolute atomic E-state index is 13.5. The Kier molecular flexibility index (Phi) is 3.95. The van der Waals surface area contributed by atoms with Crippen molar-refractivity contribution in [1.82, 2.24) is 4.98 Å². The molecule has 3 aromatic rings. The molecule has 0 unspecified atom stereocenters. The summed E-state index contributed by atoms with van der Waals surface area (Å²) in [5.74, 6) is -2.10. The Labute approximate surface area is 135 Å². The molecular formula is C18H12FNO4. The predicted octanol–water partition coefficient (Wildman–Crippen LogP) is 2.68. The van der Waals surface area contributed by atoms with Gasteiger partial charge >= 0.3 is 5.97 Å². The lowest BCUT2D eigenvalue weighted by atomic mass is 9.99. The van der Waals surface area contributed by atoms with Crippen LogP contribution in [0.5, 0.6) is 0 Å². The van der Waals surface area contributed by atoms with E-state index < -0.39 is 23.0 Å². The fraction of sp³-hybridized carbons (Fsp3) is 0.0556. The molecule has 0 amide bonds. The van der Waals surface area contributed by atoms with E-state index in [9.17, 15) is 18.8 Å². The summed E-state index contributed by atoms with van der Waals surface area (Å²) in [6.45, 7) is 0. The zero-order valence-electron chi connectivity index (χ0n) is 12.6. The summed E-state index contributed by atoms with van der Waals surface area (Å²) in [7, 11) is 1.15. The van der Waals surface area contributed by atoms with Crippen LogP contribution < -0.4 is 5.43 Å². The van der Waals surface area contributed by atoms with Crippen molar-refractivity contribution in [1.29, 1.82) is 0 Å². The van der Waals surface area contributed by atoms with Gasteiger partial charge in [-0.15, -0.1) is 0 Å². The number of hydrogen-bond acceptors (Lipinski definition) is 4. The van der Waals surface area contributed by atoms with E-state index >= 15 is 0 Å². The first-order chi connectivity index (χ1) is 11.5. The standard InChI is InChI=1S/C18H12FNO4/c1-24-18(23)15-14(16(21)10-5-3-2-4-6-10)17(22)12-9-11(19)7-8-13(12)20-15/h2-9H,1H3,(H,20,22). The summed E-state index contributed by atoms with van der Waals surface area (Å²) in [6, 6.07) is 11.6. The van der Waals surface area contributed by atoms with Crippen molar-refractivity contribution in [2.75, 3.05) is 7.11 Å². The number of benzene rings is 2. The Hall–Kier alpha value is -3.28. The number of H-pyrrole nitrogens is 1. The molecule has 1 aromatic heterocycles. The highest BCUT2D eigenvalue weighted by molar-refractivity contribution is 6.15. The van der Waals surface area contributed by atoms with E-state index in [0.29, 0.717) is 0 Å². The third kappa shape index (κ3) is 2.58. The molecule has 120 valence electrons. The minimum absolute atomic E-state index is 0.0121. The molecule has 0 aliphatic rings. The smallest absolute Gasteiger partial charge is 0.355 e. The number of nitrogens with one attached hydrogen (secondary N) is 1. The minimum atomic E-state index is -0.849. The van der Waals surface area contributed by atoms with Crippen molar-refractivity contribution in [3.63, 3.8) is 0 Å². The molecule has 0 radical (unpaired) electrons. The SMILES string of the molecule is COC(=O)c1[nH]c2ccc(F)cc2c(=O)c1C(=O)c1ccccc1. The Bertz CT molecular complexity index is 1010. The number of fused-ring (bicyclic) bond motifs is 1. The summed E-state index contributed by atoms with van der Waals surface area (Å²) in [5.41, 5.74) is -0.866. The number of halogens is 1. The molecule has 0 bridgehead atoms. The lowest BCUT2D eigenvalue weighted by Gasteiger charge is -2.09. The van der Waals surface area contributed by atoms with E-state index in [1.807, 2.05) is 0 Å². The summed E-state index contributed by atoms with van der Waals surface area (Å²) in [5, 5.41) is -0.0121. The summed E-state index contributed by atoms with van der Waals surface area (Å²) >= 11 is 0. The second kappa shape index (κ2) is 6.08. The molecule has 0 aliphatic carbocycles. The number of esters is 1. The van der Waals surface area contributed by atoms with Crippen LogP contribution in [0.2, 0.25) is 0 Å². The summed E-state index contributed by atoms with van der Waals surface area (Å²) in [6.07, 6.45) is 0. The molecule has 0 atom stereocenters. The lowest BCUT2D eigenvalue weighted by molar-refractivity contribution is 0.0591. The van der Waals surface area contributed by atoms with Gasteiger partial charge in [-0.05, 0) is 18.2 Å². The Balaban J connectivity index is 2.35. The first-order valence-electron chi connectivity index (χ1n) is 7.06. The number of carbonyl (C=O) groups excluding carboxylic acids is 2. The normalized spacial score (nSPS) is 10.6. The molecular weight excluding hydrogens is 313 g/mol. The van der Waals surface area contributed by atoms with E-state index in [1.54, 1.807) is 18.2 Å². The molecule has 0 fully saturated rings. The average Bonchev–Trinajstić information content (AvgIpc) is 2.61. The van der Waals surface area contributed by atoms with Crippen LogP contribution in [0.3, 0.4) is 0 Å². The van der Waals surface area contributed by atoms with Crippen LogP contribution in [0.25, 0.3) is 10.9 Å². The first kappa shape index (κ1) is 15.6. The Morgan fingerprint density at radius 3 is 2.46 bits per heavy atom. The van der Waals surface area contributed by atoms with E-state index in [-0.39, 0.29) is 27.7 Å². The molecule has 0 spiro atoms. The van der Waals surface area contributed by atoms with Gasteiger partial charge in [0.05, 0.1) is 12.6 Å². The van der Waals surface area contributed by atoms with Crippen molar-refractivity contribution in [2.24, 2.45) is 0 Å². The zero-order chi connectivity index (χ0) is 17.3. The van der Waals surface area contributed by atoms with Gasteiger partial charge in [0.1, 0.15) is 17.1 Å². The number of methoxy groups -OCH3 is 1. The molecule has 1 N–H and O–H groups in total. The van der Waals surface area contributed by atoms with Crippen LogP contribution in [0.15, 0.2) is 53.3 Å². The van der Waals surface area contributed by atoms with Crippen LogP contribution in [0, 0.1) is 5.82 Å². The van der Waals surface area contributed by atoms with E-state index in [4.69, 9.17) is 0 Å². The molecule has 3 rings (SSSR count). The van der Waals surface area contributed by atoms with Gasteiger partial charge in [-0.1, -0.05) is 30.3 Å². The number of ether oxygens (including phenoxy) is 1. The molecule has 24 heavy (non-hydrogen) atoms. The molecule has 2 aromatic carbocycles. The van der Waals surface area contributed by atoms with E-state index in [2.05, 4.69) is 9.72 Å². The van der Waals surface area contributed by atoms with Crippen LogP contribution in [0.4, 0.5) is 4.39 Å². The highest BCUT2D eigenvalue weighted by Crippen LogP contribution is 2.17. The van der Waals surface area contributed by atoms with E-state index in [0.717, 1.165) is 19.2 Å². The van der Waals surface area contributed by atoms with Gasteiger partial charge in [0.15, 0.2) is 5.78 Å². The van der Waals surface area contributed by atoms with Crippen molar-refractivity contribution in [3.8, 4) is 0 Å². The van der Waals surface area contributed by atoms with Crippen LogP contribution >= 0.6 is 0 Å². The molecule has 0 saturated heterocycles. The fourth-order valence-electron chi connectivity index (χ4n) is 2.46. The van der Waals surface area contributed by atoms with Crippen molar-refractivity contribution >= 4 is 22.7 Å². The van der Waals surface area contributed by atoms with Gasteiger partial charge in [0, 0.05) is 10.9 Å². The number of hydrogen-bond donors (Lipinski definition) is 1. The Morgan fingerprint density at radius 2 is 1.79 bits per heavy atom. The average molecular weight is 325 g/mol. The minimum Gasteiger partial charge on any atom is -0.464 e. The topological polar surface area (TPSA) is 76.2 Å². The van der Waals surface area contributed by atoms with Crippen LogP contribution in [0.1, 0.15) is 26.4 Å². The molecule has 0 aliphatic heterocycles. The quantitative estimate of drug-likeness (QED) is 0.593. The van der Waals surface area contributed by atoms with Gasteiger partial charge in [0.2, 0.25) is 5.43 Å². The highest BCUT2D eigenvalue weighted by atomic mass is 19.1. The monoisotopic (exact) mass is 325 g/mol. The van der Waals surface area contributed by atoms with Gasteiger partial charge in [0.25, 0.3) is 0 Å². The maximum Gasteiger partial charge on any atom is 0.355 e. The van der Waals surface area contributed by atoms with Gasteiger partial charge in [-0.3, -0.25) is 9.59 Å². The second-order valence-electron chi connectivity index (χ2n) is 5.08. The lowest BCUT2D eigenvalue weighted by Crippen LogP contribution is -2.24. The predicted molar refractivity (Wildman–Crippen MR) is 85.7 cm³/mol. The highest BCUT2D eigenvalue weighted by Gasteiger charge is 2.25. The van der Waals surface area contributed by atoms with Gasteiger partial charge in [-0.2, -0.15) is 0 Å². The first-order valence-corrected chi connectivity index (χ1v) is 7.06. The second-order valence-corrected chi connectivity index (χ2v) is 5.08. The zero-order valence-corrected chi connectivity index (χ0v) is 12.6. The maximum atomic E-state index is 13.5.